The highest BCUT2D eigenvalue weighted by molar-refractivity contribution is 8.00. The standard InChI is InChI=1S/C16H34N2S/c1-12(2)7-16(11-17,8-13(3)4)18-9-14(5)19-15(6)10-18/h12-15H,7-11,17H2,1-6H3. The first-order valence-electron chi connectivity index (χ1n) is 7.89. The molecule has 19 heavy (non-hydrogen) atoms. The van der Waals surface area contributed by atoms with Crippen molar-refractivity contribution >= 4 is 11.8 Å². The maximum Gasteiger partial charge on any atom is 0.0337 e. The summed E-state index contributed by atoms with van der Waals surface area (Å²) >= 11 is 2.13. The Balaban J connectivity index is 2.92. The minimum Gasteiger partial charge on any atom is -0.329 e. The summed E-state index contributed by atoms with van der Waals surface area (Å²) in [5.41, 5.74) is 6.49. The van der Waals surface area contributed by atoms with Crippen LogP contribution in [0.2, 0.25) is 0 Å². The van der Waals surface area contributed by atoms with Gasteiger partial charge in [0.15, 0.2) is 0 Å². The van der Waals surface area contributed by atoms with Crippen molar-refractivity contribution in [2.75, 3.05) is 19.6 Å². The van der Waals surface area contributed by atoms with E-state index in [0.29, 0.717) is 11.8 Å². The summed E-state index contributed by atoms with van der Waals surface area (Å²) in [7, 11) is 0. The molecule has 1 saturated heterocycles. The van der Waals surface area contributed by atoms with Gasteiger partial charge in [0.05, 0.1) is 0 Å². The molecule has 114 valence electrons. The minimum atomic E-state index is 0.214. The first kappa shape index (κ1) is 17.3. The molecule has 0 saturated carbocycles. The van der Waals surface area contributed by atoms with E-state index in [2.05, 4.69) is 58.2 Å². The van der Waals surface area contributed by atoms with Crippen LogP contribution in [0.1, 0.15) is 54.4 Å². The fourth-order valence-corrected chi connectivity index (χ4v) is 5.05. The topological polar surface area (TPSA) is 29.3 Å². The first-order valence-corrected chi connectivity index (χ1v) is 8.84. The predicted molar refractivity (Wildman–Crippen MR) is 88.8 cm³/mol. The highest BCUT2D eigenvalue weighted by Crippen LogP contribution is 2.36. The lowest BCUT2D eigenvalue weighted by atomic mass is 9.80. The molecule has 1 aliphatic rings. The third kappa shape index (κ3) is 4.95. The van der Waals surface area contributed by atoms with Crippen molar-refractivity contribution in [1.82, 2.24) is 4.90 Å². The normalized spacial score (nSPS) is 26.4. The zero-order valence-electron chi connectivity index (χ0n) is 13.8. The van der Waals surface area contributed by atoms with Crippen LogP contribution in [0.3, 0.4) is 0 Å². The van der Waals surface area contributed by atoms with Gasteiger partial charge in [-0.25, -0.2) is 0 Å². The summed E-state index contributed by atoms with van der Waals surface area (Å²) in [6.07, 6.45) is 2.46. The van der Waals surface area contributed by atoms with Gasteiger partial charge in [0.25, 0.3) is 0 Å². The van der Waals surface area contributed by atoms with Gasteiger partial charge in [-0.15, -0.1) is 0 Å². The molecule has 1 fully saturated rings. The van der Waals surface area contributed by atoms with Crippen LogP contribution in [0, 0.1) is 11.8 Å². The van der Waals surface area contributed by atoms with E-state index in [4.69, 9.17) is 5.73 Å². The van der Waals surface area contributed by atoms with E-state index in [1.165, 1.54) is 25.9 Å². The molecule has 2 N–H and O–H groups in total. The maximum atomic E-state index is 6.28. The van der Waals surface area contributed by atoms with Crippen LogP contribution in [0.15, 0.2) is 0 Å². The molecule has 0 radical (unpaired) electrons. The number of rotatable bonds is 6. The van der Waals surface area contributed by atoms with Gasteiger partial charge in [-0.05, 0) is 24.7 Å². The van der Waals surface area contributed by atoms with Crippen LogP contribution in [0.5, 0.6) is 0 Å². The van der Waals surface area contributed by atoms with Crippen LogP contribution in [-0.4, -0.2) is 40.6 Å². The lowest BCUT2D eigenvalue weighted by molar-refractivity contribution is 0.0517. The van der Waals surface area contributed by atoms with E-state index in [1.807, 2.05) is 0 Å². The Kier molecular flexibility index (Phi) is 6.68. The second-order valence-corrected chi connectivity index (χ2v) is 9.17. The summed E-state index contributed by atoms with van der Waals surface area (Å²) in [4.78, 5) is 2.72. The number of thioether (sulfide) groups is 1. The van der Waals surface area contributed by atoms with Crippen molar-refractivity contribution in [3.05, 3.63) is 0 Å². The summed E-state index contributed by atoms with van der Waals surface area (Å²) < 4.78 is 0. The van der Waals surface area contributed by atoms with Crippen molar-refractivity contribution in [2.45, 2.75) is 70.4 Å². The van der Waals surface area contributed by atoms with Crippen molar-refractivity contribution < 1.29 is 0 Å². The van der Waals surface area contributed by atoms with Crippen LogP contribution >= 0.6 is 11.8 Å². The fraction of sp³-hybridized carbons (Fsp3) is 1.00. The lowest BCUT2D eigenvalue weighted by Crippen LogP contribution is -2.60. The van der Waals surface area contributed by atoms with Crippen LogP contribution in [-0.2, 0) is 0 Å². The van der Waals surface area contributed by atoms with Crippen LogP contribution in [0.4, 0.5) is 0 Å². The largest absolute Gasteiger partial charge is 0.329 e. The first-order chi connectivity index (χ1) is 8.79. The van der Waals surface area contributed by atoms with Gasteiger partial charge in [0.1, 0.15) is 0 Å². The third-order valence-corrected chi connectivity index (χ3v) is 5.27. The molecule has 0 aromatic rings. The number of hydrogen-bond donors (Lipinski definition) is 1. The molecule has 1 rings (SSSR count). The predicted octanol–water partition coefficient (Wildman–Crippen LogP) is 3.60. The number of nitrogens with two attached hydrogens (primary N) is 1. The van der Waals surface area contributed by atoms with Crippen molar-refractivity contribution in [3.63, 3.8) is 0 Å². The average Bonchev–Trinajstić information content (AvgIpc) is 2.25. The van der Waals surface area contributed by atoms with Gasteiger partial charge in [-0.3, -0.25) is 4.90 Å². The molecule has 3 heteroatoms. The molecule has 0 aromatic carbocycles. The Bertz CT molecular complexity index is 245. The van der Waals surface area contributed by atoms with Crippen LogP contribution < -0.4 is 5.73 Å². The summed E-state index contributed by atoms with van der Waals surface area (Å²) in [5, 5.41) is 1.46. The van der Waals surface area contributed by atoms with Gasteiger partial charge >= 0.3 is 0 Å². The van der Waals surface area contributed by atoms with Gasteiger partial charge in [0, 0.05) is 35.7 Å². The molecule has 0 amide bonds. The van der Waals surface area contributed by atoms with E-state index in [-0.39, 0.29) is 5.54 Å². The third-order valence-electron chi connectivity index (χ3n) is 4.05. The number of hydrogen-bond acceptors (Lipinski definition) is 3. The van der Waals surface area contributed by atoms with Crippen LogP contribution in [0.25, 0.3) is 0 Å². The zero-order valence-corrected chi connectivity index (χ0v) is 14.6. The van der Waals surface area contributed by atoms with Crippen molar-refractivity contribution in [2.24, 2.45) is 17.6 Å². The summed E-state index contributed by atoms with van der Waals surface area (Å²) in [6, 6.07) is 0. The van der Waals surface area contributed by atoms with E-state index in [9.17, 15) is 0 Å². The Morgan fingerprint density at radius 2 is 1.47 bits per heavy atom. The Morgan fingerprint density at radius 1 is 1.05 bits per heavy atom. The molecule has 0 aliphatic carbocycles. The second kappa shape index (κ2) is 7.33. The molecular weight excluding hydrogens is 252 g/mol. The second-order valence-electron chi connectivity index (χ2n) is 7.29. The Morgan fingerprint density at radius 3 is 1.79 bits per heavy atom. The maximum absolute atomic E-state index is 6.28. The molecule has 1 heterocycles. The monoisotopic (exact) mass is 286 g/mol. The molecule has 1 aliphatic heterocycles. The zero-order chi connectivity index (χ0) is 14.6. The molecule has 0 spiro atoms. The SMILES string of the molecule is CC(C)CC(CN)(CC(C)C)N1CC(C)SC(C)C1. The van der Waals surface area contributed by atoms with Gasteiger partial charge in [0.2, 0.25) is 0 Å². The van der Waals surface area contributed by atoms with E-state index < -0.39 is 0 Å². The van der Waals surface area contributed by atoms with Crippen molar-refractivity contribution in [3.8, 4) is 0 Å². The molecule has 0 aromatic heterocycles. The smallest absolute Gasteiger partial charge is 0.0337 e. The van der Waals surface area contributed by atoms with Gasteiger partial charge in [-0.1, -0.05) is 41.5 Å². The van der Waals surface area contributed by atoms with E-state index in [0.717, 1.165) is 17.0 Å². The van der Waals surface area contributed by atoms with E-state index in [1.54, 1.807) is 0 Å². The lowest BCUT2D eigenvalue weighted by Gasteiger charge is -2.50. The Labute approximate surface area is 124 Å². The quantitative estimate of drug-likeness (QED) is 0.809. The highest BCUT2D eigenvalue weighted by atomic mass is 32.2. The summed E-state index contributed by atoms with van der Waals surface area (Å²) in [5.74, 6) is 1.42. The van der Waals surface area contributed by atoms with Gasteiger partial charge in [-0.2, -0.15) is 11.8 Å². The molecule has 2 nitrogen and oxygen atoms in total. The van der Waals surface area contributed by atoms with E-state index >= 15 is 0 Å². The average molecular weight is 287 g/mol. The Hall–Kier alpha value is 0.270. The molecule has 2 unspecified atom stereocenters. The molecular formula is C16H34N2S. The fourth-order valence-electron chi connectivity index (χ4n) is 3.72. The number of nitrogens with zero attached hydrogens (tertiary/aromatic N) is 1. The minimum absolute atomic E-state index is 0.214. The highest BCUT2D eigenvalue weighted by Gasteiger charge is 2.39. The van der Waals surface area contributed by atoms with Crippen molar-refractivity contribution in [1.29, 1.82) is 0 Å². The molecule has 0 bridgehead atoms. The summed E-state index contributed by atoms with van der Waals surface area (Å²) in [6.45, 7) is 17.2. The molecule has 2 atom stereocenters. The van der Waals surface area contributed by atoms with Gasteiger partial charge < -0.3 is 5.73 Å².